The van der Waals surface area contributed by atoms with Gasteiger partial charge in [-0.05, 0) is 59.0 Å². The Bertz CT molecular complexity index is 418. The molecule has 3 unspecified atom stereocenters. The number of nitrogens with zero attached hydrogens (tertiary/aromatic N) is 2. The summed E-state index contributed by atoms with van der Waals surface area (Å²) in [7, 11) is 4.39. The minimum atomic E-state index is 0.109. The Morgan fingerprint density at radius 2 is 2.25 bits per heavy atom. The first kappa shape index (κ1) is 15.5. The SMILES string of the molecule is CCC(N)C(c1ccc(C)o1)N(C)CC1CCCN1C. The molecule has 1 aliphatic rings. The van der Waals surface area contributed by atoms with E-state index in [0.29, 0.717) is 6.04 Å². The third-order valence-electron chi connectivity index (χ3n) is 4.57. The predicted octanol–water partition coefficient (Wildman–Crippen LogP) is 2.39. The topological polar surface area (TPSA) is 45.6 Å². The molecule has 0 aromatic carbocycles. The maximum absolute atomic E-state index is 6.35. The van der Waals surface area contributed by atoms with Crippen LogP contribution >= 0.6 is 0 Å². The molecule has 2 N–H and O–H groups in total. The first-order valence-electron chi connectivity index (χ1n) is 7.75. The zero-order valence-electron chi connectivity index (χ0n) is 13.3. The average molecular weight is 279 g/mol. The van der Waals surface area contributed by atoms with Crippen molar-refractivity contribution in [2.75, 3.05) is 27.2 Å². The van der Waals surface area contributed by atoms with Crippen molar-refractivity contribution >= 4 is 0 Å². The highest BCUT2D eigenvalue weighted by molar-refractivity contribution is 5.12. The van der Waals surface area contributed by atoms with Gasteiger partial charge in [-0.15, -0.1) is 0 Å². The summed E-state index contributed by atoms with van der Waals surface area (Å²) in [5.41, 5.74) is 6.35. The van der Waals surface area contributed by atoms with Crippen molar-refractivity contribution < 1.29 is 4.42 Å². The van der Waals surface area contributed by atoms with Gasteiger partial charge >= 0.3 is 0 Å². The first-order valence-corrected chi connectivity index (χ1v) is 7.75. The molecular formula is C16H29N3O. The van der Waals surface area contributed by atoms with E-state index in [1.807, 2.05) is 13.0 Å². The standard InChI is InChI=1S/C16H29N3O/c1-5-14(17)16(15-9-8-12(2)20-15)19(4)11-13-7-6-10-18(13)3/h8-9,13-14,16H,5-7,10-11,17H2,1-4H3. The molecule has 2 rings (SSSR count). The van der Waals surface area contributed by atoms with Crippen LogP contribution in [0.1, 0.15) is 43.7 Å². The quantitative estimate of drug-likeness (QED) is 0.868. The molecule has 3 atom stereocenters. The predicted molar refractivity (Wildman–Crippen MR) is 82.7 cm³/mol. The van der Waals surface area contributed by atoms with Gasteiger partial charge in [-0.3, -0.25) is 4.90 Å². The average Bonchev–Trinajstić information content (AvgIpc) is 2.99. The first-order chi connectivity index (χ1) is 9.52. The molecule has 1 aromatic heterocycles. The van der Waals surface area contributed by atoms with E-state index in [1.54, 1.807) is 0 Å². The Hall–Kier alpha value is -0.840. The molecule has 1 fully saturated rings. The van der Waals surface area contributed by atoms with Crippen molar-refractivity contribution in [1.29, 1.82) is 0 Å². The highest BCUT2D eigenvalue weighted by Crippen LogP contribution is 2.27. The van der Waals surface area contributed by atoms with Crippen LogP contribution in [0.4, 0.5) is 0 Å². The van der Waals surface area contributed by atoms with Crippen molar-refractivity contribution in [2.45, 2.75) is 51.2 Å². The summed E-state index contributed by atoms with van der Waals surface area (Å²) in [5, 5.41) is 0. The molecule has 0 amide bonds. The molecule has 4 nitrogen and oxygen atoms in total. The van der Waals surface area contributed by atoms with Crippen LogP contribution in [0.3, 0.4) is 0 Å². The lowest BCUT2D eigenvalue weighted by Crippen LogP contribution is -2.44. The van der Waals surface area contributed by atoms with Gasteiger partial charge in [0.25, 0.3) is 0 Å². The molecule has 1 aliphatic heterocycles. The van der Waals surface area contributed by atoms with Gasteiger partial charge < -0.3 is 15.1 Å². The molecule has 0 aliphatic carbocycles. The van der Waals surface area contributed by atoms with E-state index >= 15 is 0 Å². The highest BCUT2D eigenvalue weighted by atomic mass is 16.3. The normalized spacial score (nSPS) is 23.4. The van der Waals surface area contributed by atoms with Gasteiger partial charge in [-0.25, -0.2) is 0 Å². The van der Waals surface area contributed by atoms with Crippen LogP contribution in [-0.4, -0.2) is 49.1 Å². The fourth-order valence-corrected chi connectivity index (χ4v) is 3.25. The van der Waals surface area contributed by atoms with Crippen LogP contribution in [-0.2, 0) is 0 Å². The maximum Gasteiger partial charge on any atom is 0.122 e. The number of rotatable bonds is 6. The second-order valence-corrected chi connectivity index (χ2v) is 6.18. The number of hydrogen-bond donors (Lipinski definition) is 1. The molecule has 2 heterocycles. The van der Waals surface area contributed by atoms with E-state index in [9.17, 15) is 0 Å². The molecular weight excluding hydrogens is 250 g/mol. The Morgan fingerprint density at radius 3 is 2.75 bits per heavy atom. The minimum Gasteiger partial charge on any atom is -0.465 e. The lowest BCUT2D eigenvalue weighted by atomic mass is 10.0. The second-order valence-electron chi connectivity index (χ2n) is 6.18. The molecule has 20 heavy (non-hydrogen) atoms. The molecule has 4 heteroatoms. The molecule has 0 saturated carbocycles. The number of likely N-dealkylation sites (tertiary alicyclic amines) is 1. The number of aryl methyl sites for hydroxylation is 1. The van der Waals surface area contributed by atoms with Gasteiger partial charge in [0.15, 0.2) is 0 Å². The molecule has 0 spiro atoms. The number of nitrogens with two attached hydrogens (primary N) is 1. The largest absolute Gasteiger partial charge is 0.465 e. The monoisotopic (exact) mass is 279 g/mol. The molecule has 0 radical (unpaired) electrons. The Kier molecular flexibility index (Phi) is 5.24. The number of furan rings is 1. The van der Waals surface area contributed by atoms with Gasteiger partial charge in [0.2, 0.25) is 0 Å². The van der Waals surface area contributed by atoms with Crippen LogP contribution in [0.15, 0.2) is 16.5 Å². The van der Waals surface area contributed by atoms with E-state index < -0.39 is 0 Å². The number of hydrogen-bond acceptors (Lipinski definition) is 4. The van der Waals surface area contributed by atoms with Crippen molar-refractivity contribution in [3.05, 3.63) is 23.7 Å². The van der Waals surface area contributed by atoms with Crippen LogP contribution < -0.4 is 5.73 Å². The van der Waals surface area contributed by atoms with Gasteiger partial charge in [0.05, 0.1) is 6.04 Å². The van der Waals surface area contributed by atoms with Crippen LogP contribution in [0, 0.1) is 6.92 Å². The van der Waals surface area contributed by atoms with E-state index in [1.165, 1.54) is 19.4 Å². The van der Waals surface area contributed by atoms with Crippen molar-refractivity contribution in [3.63, 3.8) is 0 Å². The van der Waals surface area contributed by atoms with E-state index in [4.69, 9.17) is 10.2 Å². The number of likely N-dealkylation sites (N-methyl/N-ethyl adjacent to an activating group) is 2. The van der Waals surface area contributed by atoms with Crippen LogP contribution in [0.5, 0.6) is 0 Å². The van der Waals surface area contributed by atoms with Crippen molar-refractivity contribution in [3.8, 4) is 0 Å². The summed E-state index contributed by atoms with van der Waals surface area (Å²) in [6.07, 6.45) is 3.54. The van der Waals surface area contributed by atoms with E-state index in [0.717, 1.165) is 24.5 Å². The third kappa shape index (κ3) is 3.43. The summed E-state index contributed by atoms with van der Waals surface area (Å²) in [4.78, 5) is 4.83. The second kappa shape index (κ2) is 6.74. The lowest BCUT2D eigenvalue weighted by molar-refractivity contribution is 0.141. The lowest BCUT2D eigenvalue weighted by Gasteiger charge is -2.34. The zero-order valence-corrected chi connectivity index (χ0v) is 13.3. The molecule has 0 bridgehead atoms. The highest BCUT2D eigenvalue weighted by Gasteiger charge is 2.30. The van der Waals surface area contributed by atoms with Gasteiger partial charge in [-0.2, -0.15) is 0 Å². The van der Waals surface area contributed by atoms with Crippen LogP contribution in [0.2, 0.25) is 0 Å². The zero-order chi connectivity index (χ0) is 14.7. The fourth-order valence-electron chi connectivity index (χ4n) is 3.25. The summed E-state index contributed by atoms with van der Waals surface area (Å²) in [6, 6.07) is 5.02. The van der Waals surface area contributed by atoms with E-state index in [2.05, 4.69) is 36.9 Å². The van der Waals surface area contributed by atoms with Gasteiger partial charge in [0, 0.05) is 18.6 Å². The molecule has 1 saturated heterocycles. The summed E-state index contributed by atoms with van der Waals surface area (Å²) in [6.45, 7) is 6.39. The van der Waals surface area contributed by atoms with Gasteiger partial charge in [-0.1, -0.05) is 6.92 Å². The molecule has 114 valence electrons. The van der Waals surface area contributed by atoms with Crippen molar-refractivity contribution in [1.82, 2.24) is 9.80 Å². The fraction of sp³-hybridized carbons (Fsp3) is 0.750. The Balaban J connectivity index is 2.09. The third-order valence-corrected chi connectivity index (χ3v) is 4.57. The summed E-state index contributed by atoms with van der Waals surface area (Å²) >= 11 is 0. The molecule has 1 aromatic rings. The summed E-state index contributed by atoms with van der Waals surface area (Å²) in [5.74, 6) is 1.96. The van der Waals surface area contributed by atoms with Gasteiger partial charge in [0.1, 0.15) is 11.5 Å². The Labute approximate surface area is 122 Å². The minimum absolute atomic E-state index is 0.109. The summed E-state index contributed by atoms with van der Waals surface area (Å²) < 4.78 is 5.85. The van der Waals surface area contributed by atoms with E-state index in [-0.39, 0.29) is 12.1 Å². The van der Waals surface area contributed by atoms with Crippen LogP contribution in [0.25, 0.3) is 0 Å². The smallest absolute Gasteiger partial charge is 0.122 e. The van der Waals surface area contributed by atoms with Crippen molar-refractivity contribution in [2.24, 2.45) is 5.73 Å². The maximum atomic E-state index is 6.35. The Morgan fingerprint density at radius 1 is 1.50 bits per heavy atom.